The van der Waals surface area contributed by atoms with E-state index in [4.69, 9.17) is 15.6 Å². The molecule has 0 saturated heterocycles. The summed E-state index contributed by atoms with van der Waals surface area (Å²) in [5.41, 5.74) is 5.75. The van der Waals surface area contributed by atoms with Gasteiger partial charge in [-0.15, -0.1) is 0 Å². The highest BCUT2D eigenvalue weighted by molar-refractivity contribution is 5.36. The maximum atomic E-state index is 12.4. The van der Waals surface area contributed by atoms with Crippen LogP contribution in [-0.4, -0.2) is 17.2 Å². The Morgan fingerprint density at radius 2 is 2.27 bits per heavy atom. The first kappa shape index (κ1) is 11.8. The van der Waals surface area contributed by atoms with Crippen LogP contribution < -0.4 is 10.5 Å². The summed E-state index contributed by atoms with van der Waals surface area (Å²) in [4.78, 5) is 3.61. The second-order valence-electron chi connectivity index (χ2n) is 2.86. The molecule has 0 unspecified atom stereocenters. The van der Waals surface area contributed by atoms with Gasteiger partial charge in [-0.25, -0.2) is 13.8 Å². The van der Waals surface area contributed by atoms with Gasteiger partial charge in [-0.3, -0.25) is 0 Å². The van der Waals surface area contributed by atoms with Crippen LogP contribution in [0.1, 0.15) is 23.2 Å². The van der Waals surface area contributed by atoms with Gasteiger partial charge in [0.1, 0.15) is 5.69 Å². The molecule has 0 spiro atoms. The molecule has 0 saturated carbocycles. The molecular weight excluding hydrogens is 206 g/mol. The van der Waals surface area contributed by atoms with E-state index in [1.807, 2.05) is 0 Å². The van der Waals surface area contributed by atoms with E-state index in [0.717, 1.165) is 6.07 Å². The highest BCUT2D eigenvalue weighted by Gasteiger charge is 2.16. The van der Waals surface area contributed by atoms with Crippen LogP contribution in [0.5, 0.6) is 5.88 Å². The van der Waals surface area contributed by atoms with E-state index in [1.165, 1.54) is 7.11 Å². The van der Waals surface area contributed by atoms with Gasteiger partial charge in [0, 0.05) is 12.1 Å². The van der Waals surface area contributed by atoms with Gasteiger partial charge in [0.05, 0.1) is 13.7 Å². The zero-order valence-corrected chi connectivity index (χ0v) is 8.20. The average molecular weight is 218 g/mol. The third-order valence-corrected chi connectivity index (χ3v) is 1.99. The summed E-state index contributed by atoms with van der Waals surface area (Å²) in [7, 11) is 1.32. The summed E-state index contributed by atoms with van der Waals surface area (Å²) in [6.45, 7) is -0.291. The van der Waals surface area contributed by atoms with E-state index < -0.39 is 12.1 Å². The first-order valence-electron chi connectivity index (χ1n) is 4.29. The van der Waals surface area contributed by atoms with Gasteiger partial charge < -0.3 is 15.6 Å². The first-order chi connectivity index (χ1) is 7.13. The van der Waals surface area contributed by atoms with Crippen molar-refractivity contribution in [2.45, 2.75) is 19.6 Å². The molecule has 0 aromatic carbocycles. The van der Waals surface area contributed by atoms with Crippen molar-refractivity contribution >= 4 is 0 Å². The summed E-state index contributed by atoms with van der Waals surface area (Å²) in [6, 6.07) is 1.13. The Bertz CT molecular complexity index is 320. The molecule has 1 aromatic rings. The van der Waals surface area contributed by atoms with Crippen molar-refractivity contribution in [3.05, 3.63) is 22.9 Å². The molecule has 6 heteroatoms. The maximum Gasteiger partial charge on any atom is 0.280 e. The third kappa shape index (κ3) is 2.40. The normalized spacial score (nSPS) is 10.8. The van der Waals surface area contributed by atoms with Crippen LogP contribution >= 0.6 is 0 Å². The van der Waals surface area contributed by atoms with E-state index in [-0.39, 0.29) is 19.0 Å². The minimum atomic E-state index is -2.70. The fourth-order valence-corrected chi connectivity index (χ4v) is 1.26. The maximum absolute atomic E-state index is 12.4. The smallest absolute Gasteiger partial charge is 0.280 e. The third-order valence-electron chi connectivity index (χ3n) is 1.99. The summed E-state index contributed by atoms with van der Waals surface area (Å²) >= 11 is 0. The number of aliphatic hydroxyl groups excluding tert-OH is 1. The predicted molar refractivity (Wildman–Crippen MR) is 49.6 cm³/mol. The average Bonchev–Trinajstić information content (AvgIpc) is 2.26. The van der Waals surface area contributed by atoms with Crippen molar-refractivity contribution in [3.63, 3.8) is 0 Å². The van der Waals surface area contributed by atoms with E-state index in [9.17, 15) is 8.78 Å². The van der Waals surface area contributed by atoms with Gasteiger partial charge in [-0.05, 0) is 11.6 Å². The van der Waals surface area contributed by atoms with E-state index in [1.54, 1.807) is 0 Å². The van der Waals surface area contributed by atoms with Gasteiger partial charge in [0.15, 0.2) is 0 Å². The SMILES string of the molecule is COc1nc(C(F)F)cc(CO)c1CN. The lowest BCUT2D eigenvalue weighted by Crippen LogP contribution is -2.08. The number of methoxy groups -OCH3 is 1. The minimum Gasteiger partial charge on any atom is -0.481 e. The predicted octanol–water partition coefficient (Wildman–Crippen LogP) is 0.979. The van der Waals surface area contributed by atoms with Crippen molar-refractivity contribution in [1.82, 2.24) is 4.98 Å². The zero-order chi connectivity index (χ0) is 11.4. The van der Waals surface area contributed by atoms with Crippen molar-refractivity contribution in [1.29, 1.82) is 0 Å². The first-order valence-corrected chi connectivity index (χ1v) is 4.29. The number of nitrogens with two attached hydrogens (primary N) is 1. The molecule has 0 amide bonds. The molecule has 3 N–H and O–H groups in total. The molecule has 1 heterocycles. The quantitative estimate of drug-likeness (QED) is 0.790. The second-order valence-corrected chi connectivity index (χ2v) is 2.86. The fraction of sp³-hybridized carbons (Fsp3) is 0.444. The summed E-state index contributed by atoms with van der Waals surface area (Å²) in [6.07, 6.45) is -2.70. The lowest BCUT2D eigenvalue weighted by Gasteiger charge is -2.12. The molecule has 1 aromatic heterocycles. The van der Waals surface area contributed by atoms with Gasteiger partial charge in [0.2, 0.25) is 5.88 Å². The van der Waals surface area contributed by atoms with Crippen LogP contribution in [0, 0.1) is 0 Å². The Kier molecular flexibility index (Phi) is 3.93. The number of pyridine rings is 1. The number of halogens is 2. The number of hydrogen-bond donors (Lipinski definition) is 2. The molecule has 4 nitrogen and oxygen atoms in total. The van der Waals surface area contributed by atoms with Gasteiger partial charge in [-0.1, -0.05) is 0 Å². The molecule has 0 aliphatic rings. The van der Waals surface area contributed by atoms with Crippen LogP contribution in [0.25, 0.3) is 0 Å². The molecule has 0 bridgehead atoms. The number of aliphatic hydroxyl groups is 1. The highest BCUT2D eigenvalue weighted by atomic mass is 19.3. The number of ether oxygens (including phenoxy) is 1. The van der Waals surface area contributed by atoms with E-state index in [2.05, 4.69) is 4.98 Å². The van der Waals surface area contributed by atoms with Crippen molar-refractivity contribution in [3.8, 4) is 5.88 Å². The van der Waals surface area contributed by atoms with Crippen molar-refractivity contribution in [2.24, 2.45) is 5.73 Å². The molecule has 84 valence electrons. The number of aromatic nitrogens is 1. The molecule has 0 atom stereocenters. The Morgan fingerprint density at radius 3 is 2.67 bits per heavy atom. The second kappa shape index (κ2) is 4.99. The van der Waals surface area contributed by atoms with Crippen LogP contribution in [0.15, 0.2) is 6.07 Å². The van der Waals surface area contributed by atoms with Crippen LogP contribution in [-0.2, 0) is 13.2 Å². The largest absolute Gasteiger partial charge is 0.481 e. The monoisotopic (exact) mass is 218 g/mol. The van der Waals surface area contributed by atoms with E-state index >= 15 is 0 Å². The molecular formula is C9H12F2N2O2. The Balaban J connectivity index is 3.29. The Hall–Kier alpha value is -1.27. The number of hydrogen-bond acceptors (Lipinski definition) is 4. The topological polar surface area (TPSA) is 68.4 Å². The molecule has 0 radical (unpaired) electrons. The lowest BCUT2D eigenvalue weighted by atomic mass is 10.1. The van der Waals surface area contributed by atoms with Gasteiger partial charge in [0.25, 0.3) is 6.43 Å². The van der Waals surface area contributed by atoms with Crippen molar-refractivity contribution in [2.75, 3.05) is 7.11 Å². The number of alkyl halides is 2. The summed E-state index contributed by atoms with van der Waals surface area (Å²) < 4.78 is 29.6. The number of rotatable bonds is 4. The zero-order valence-electron chi connectivity index (χ0n) is 8.20. The molecule has 0 aliphatic carbocycles. The Labute approximate surface area is 85.7 Å². The Morgan fingerprint density at radius 1 is 1.60 bits per heavy atom. The molecule has 0 aliphatic heterocycles. The number of nitrogens with zero attached hydrogens (tertiary/aromatic N) is 1. The van der Waals surface area contributed by atoms with Crippen LogP contribution in [0.4, 0.5) is 8.78 Å². The minimum absolute atomic E-state index is 0.0411. The lowest BCUT2D eigenvalue weighted by molar-refractivity contribution is 0.144. The van der Waals surface area contributed by atoms with Crippen molar-refractivity contribution < 1.29 is 18.6 Å². The van der Waals surface area contributed by atoms with Gasteiger partial charge in [-0.2, -0.15) is 0 Å². The molecule has 0 fully saturated rings. The molecule has 1 rings (SSSR count). The van der Waals surface area contributed by atoms with Crippen LogP contribution in [0.3, 0.4) is 0 Å². The van der Waals surface area contributed by atoms with Gasteiger partial charge >= 0.3 is 0 Å². The summed E-state index contributed by atoms with van der Waals surface area (Å²) in [5, 5.41) is 8.99. The van der Waals surface area contributed by atoms with Crippen LogP contribution in [0.2, 0.25) is 0 Å². The molecule has 15 heavy (non-hydrogen) atoms. The standard InChI is InChI=1S/C9H12F2N2O2/c1-15-9-6(3-12)5(4-14)2-7(13-9)8(10)11/h2,8,14H,3-4,12H2,1H3. The highest BCUT2D eigenvalue weighted by Crippen LogP contribution is 2.26. The summed E-state index contributed by atoms with van der Waals surface area (Å²) in [5.74, 6) is 0.0411. The fourth-order valence-electron chi connectivity index (χ4n) is 1.26. The van der Waals surface area contributed by atoms with E-state index in [0.29, 0.717) is 11.1 Å².